The van der Waals surface area contributed by atoms with Gasteiger partial charge in [-0.25, -0.2) is 0 Å². The van der Waals surface area contributed by atoms with Crippen LogP contribution in [0.2, 0.25) is 0 Å². The van der Waals surface area contributed by atoms with Crippen molar-refractivity contribution in [3.8, 4) is 27.9 Å². The van der Waals surface area contributed by atoms with E-state index in [1.54, 1.807) is 0 Å². The topological polar surface area (TPSA) is 34.5 Å². The van der Waals surface area contributed by atoms with Crippen LogP contribution in [0.3, 0.4) is 0 Å². The van der Waals surface area contributed by atoms with Gasteiger partial charge in [-0.15, -0.1) is 0 Å². The monoisotopic (exact) mass is 742 g/mol. The van der Waals surface area contributed by atoms with Gasteiger partial charge >= 0.3 is 0 Å². The molecule has 0 spiro atoms. The molecule has 0 bridgehead atoms. The summed E-state index contributed by atoms with van der Waals surface area (Å²) < 4.78 is 15.5. The molecule has 0 radical (unpaired) electrons. The zero-order chi connectivity index (χ0) is 38.2. The number of hydrogen-bond donors (Lipinski definition) is 0. The van der Waals surface area contributed by atoms with Crippen molar-refractivity contribution in [2.45, 2.75) is 0 Å². The second kappa shape index (κ2) is 12.9. The number of furan rings is 2. The summed E-state index contributed by atoms with van der Waals surface area (Å²) >= 11 is 0. The number of rotatable bonds is 6. The minimum absolute atomic E-state index is 0.856. The van der Waals surface area contributed by atoms with Gasteiger partial charge in [0.05, 0.1) is 16.6 Å². The average Bonchev–Trinajstić information content (AvgIpc) is 3.96. The highest BCUT2D eigenvalue weighted by Crippen LogP contribution is 2.44. The quantitative estimate of drug-likeness (QED) is 0.170. The van der Waals surface area contributed by atoms with Crippen molar-refractivity contribution >= 4 is 82.7 Å². The molecule has 4 nitrogen and oxygen atoms in total. The molecule has 9 aromatic carbocycles. The first-order chi connectivity index (χ1) is 28.8. The number of fused-ring (bicyclic) bond motifs is 9. The van der Waals surface area contributed by atoms with E-state index in [1.165, 1.54) is 27.3 Å². The highest BCUT2D eigenvalue weighted by atomic mass is 16.3. The van der Waals surface area contributed by atoms with Gasteiger partial charge in [0.1, 0.15) is 11.2 Å². The Morgan fingerprint density at radius 1 is 0.397 bits per heavy atom. The maximum absolute atomic E-state index is 6.62. The zero-order valence-corrected chi connectivity index (χ0v) is 31.3. The predicted octanol–water partition coefficient (Wildman–Crippen LogP) is 15.4. The average molecular weight is 743 g/mol. The molecule has 0 saturated heterocycles. The van der Waals surface area contributed by atoms with Gasteiger partial charge in [0.25, 0.3) is 0 Å². The Balaban J connectivity index is 0.984. The summed E-state index contributed by atoms with van der Waals surface area (Å²) in [6.07, 6.45) is 0. The van der Waals surface area contributed by atoms with Crippen LogP contribution in [-0.4, -0.2) is 4.57 Å². The Bertz CT molecular complexity index is 3490. The minimum atomic E-state index is 0.856. The smallest absolute Gasteiger partial charge is 0.213 e. The molecular weight excluding hydrogens is 709 g/mol. The van der Waals surface area contributed by atoms with Gasteiger partial charge in [-0.2, -0.15) is 0 Å². The highest BCUT2D eigenvalue weighted by molar-refractivity contribution is 6.20. The molecule has 0 amide bonds. The van der Waals surface area contributed by atoms with E-state index in [1.807, 2.05) is 18.2 Å². The molecule has 12 aromatic rings. The van der Waals surface area contributed by atoms with E-state index in [9.17, 15) is 0 Å². The van der Waals surface area contributed by atoms with Crippen molar-refractivity contribution < 1.29 is 8.83 Å². The van der Waals surface area contributed by atoms with Crippen molar-refractivity contribution in [2.75, 3.05) is 4.90 Å². The van der Waals surface area contributed by atoms with Crippen molar-refractivity contribution in [1.29, 1.82) is 0 Å². The summed E-state index contributed by atoms with van der Waals surface area (Å²) in [4.78, 5) is 2.31. The highest BCUT2D eigenvalue weighted by Gasteiger charge is 2.22. The zero-order valence-electron chi connectivity index (χ0n) is 31.3. The van der Waals surface area contributed by atoms with Crippen molar-refractivity contribution in [2.24, 2.45) is 0 Å². The number of anilines is 3. The molecule has 0 N–H and O–H groups in total. The van der Waals surface area contributed by atoms with E-state index >= 15 is 0 Å². The summed E-state index contributed by atoms with van der Waals surface area (Å²) in [6.45, 7) is 0. The molecule has 0 aliphatic carbocycles. The number of para-hydroxylation sites is 4. The van der Waals surface area contributed by atoms with E-state index in [4.69, 9.17) is 8.83 Å². The lowest BCUT2D eigenvalue weighted by Gasteiger charge is -2.26. The first-order valence-corrected chi connectivity index (χ1v) is 19.7. The van der Waals surface area contributed by atoms with Crippen LogP contribution in [0, 0.1) is 0 Å². The van der Waals surface area contributed by atoms with Crippen LogP contribution < -0.4 is 4.90 Å². The van der Waals surface area contributed by atoms with E-state index in [2.05, 4.69) is 198 Å². The van der Waals surface area contributed by atoms with Crippen LogP contribution in [0.25, 0.3) is 93.6 Å². The van der Waals surface area contributed by atoms with E-state index in [0.29, 0.717) is 0 Å². The van der Waals surface area contributed by atoms with Gasteiger partial charge in [0.2, 0.25) is 5.71 Å². The molecule has 0 atom stereocenters. The summed E-state index contributed by atoms with van der Waals surface area (Å²) in [7, 11) is 0. The number of aromatic nitrogens is 1. The molecule has 12 rings (SSSR count). The van der Waals surface area contributed by atoms with E-state index in [0.717, 1.165) is 83.4 Å². The lowest BCUT2D eigenvalue weighted by Crippen LogP contribution is -2.10. The largest absolute Gasteiger partial charge is 0.454 e. The molecule has 0 fully saturated rings. The second-order valence-electron chi connectivity index (χ2n) is 14.9. The molecule has 0 unspecified atom stereocenters. The maximum Gasteiger partial charge on any atom is 0.213 e. The van der Waals surface area contributed by atoms with Crippen LogP contribution >= 0.6 is 0 Å². The minimum Gasteiger partial charge on any atom is -0.454 e. The summed E-state index contributed by atoms with van der Waals surface area (Å²) in [5.41, 5.74) is 13.4. The van der Waals surface area contributed by atoms with Crippen LogP contribution in [0.5, 0.6) is 0 Å². The Kier molecular flexibility index (Phi) is 7.20. The summed E-state index contributed by atoms with van der Waals surface area (Å²) in [5, 5.41) is 8.09. The van der Waals surface area contributed by atoms with E-state index < -0.39 is 0 Å². The van der Waals surface area contributed by atoms with Gasteiger partial charge < -0.3 is 13.7 Å². The normalized spacial score (nSPS) is 11.8. The van der Waals surface area contributed by atoms with Gasteiger partial charge in [0.15, 0.2) is 5.58 Å². The van der Waals surface area contributed by atoms with Crippen molar-refractivity contribution in [3.05, 3.63) is 206 Å². The van der Waals surface area contributed by atoms with Crippen molar-refractivity contribution in [1.82, 2.24) is 4.57 Å². The fraction of sp³-hybridized carbons (Fsp3) is 0. The molecule has 4 heteroatoms. The van der Waals surface area contributed by atoms with Gasteiger partial charge in [-0.3, -0.25) is 4.57 Å². The SMILES string of the molecule is c1ccc(-n2c3ccccc3c3c4cc(-c5ccc(N(c6ccc(-c7cccc8ccccc78)cc6)c6cccc7c6oc6ccccc67)cc5)ccc4oc32)cc1. The molecular formula is C54H34N2O2. The molecule has 0 aliphatic rings. The first-order valence-electron chi connectivity index (χ1n) is 19.7. The number of benzene rings is 9. The third kappa shape index (κ3) is 5.02. The lowest BCUT2D eigenvalue weighted by molar-refractivity contribution is 0.645. The number of hydrogen-bond acceptors (Lipinski definition) is 3. The summed E-state index contributed by atoms with van der Waals surface area (Å²) in [6, 6.07) is 73.1. The van der Waals surface area contributed by atoms with Crippen LogP contribution in [0.1, 0.15) is 0 Å². The molecule has 3 aromatic heterocycles. The van der Waals surface area contributed by atoms with Gasteiger partial charge in [0, 0.05) is 38.6 Å². The standard InChI is InChI=1S/C54H34N2O2/c1-2-14-39(15-3-1)56-48-21-8-6-18-46(48)52-47-34-38(28-33-51(47)58-54(52)56)35-24-29-40(30-25-35)55(49-22-11-20-45-44-17-7-9-23-50(44)57-53(45)49)41-31-26-37(27-32-41)43-19-10-13-36-12-4-5-16-42(36)43/h1-34H. The van der Waals surface area contributed by atoms with Crippen LogP contribution in [-0.2, 0) is 0 Å². The Morgan fingerprint density at radius 2 is 1.02 bits per heavy atom. The van der Waals surface area contributed by atoms with Gasteiger partial charge in [-0.1, -0.05) is 140 Å². The molecule has 0 saturated carbocycles. The summed E-state index contributed by atoms with van der Waals surface area (Å²) in [5.74, 6) is 0. The fourth-order valence-electron chi connectivity index (χ4n) is 8.91. The second-order valence-corrected chi connectivity index (χ2v) is 14.9. The maximum atomic E-state index is 6.62. The first kappa shape index (κ1) is 32.4. The van der Waals surface area contributed by atoms with Crippen LogP contribution in [0.15, 0.2) is 215 Å². The molecule has 58 heavy (non-hydrogen) atoms. The predicted molar refractivity (Wildman–Crippen MR) is 241 cm³/mol. The van der Waals surface area contributed by atoms with E-state index in [-0.39, 0.29) is 0 Å². The lowest BCUT2D eigenvalue weighted by atomic mass is 9.98. The molecule has 3 heterocycles. The molecule has 0 aliphatic heterocycles. The third-order valence-electron chi connectivity index (χ3n) is 11.6. The Labute approximate surface area is 334 Å². The third-order valence-corrected chi connectivity index (χ3v) is 11.6. The number of nitrogens with zero attached hydrogens (tertiary/aromatic N) is 2. The van der Waals surface area contributed by atoms with Crippen LogP contribution in [0.4, 0.5) is 17.1 Å². The Morgan fingerprint density at radius 3 is 1.84 bits per heavy atom. The fourth-order valence-corrected chi connectivity index (χ4v) is 8.91. The Hall–Kier alpha value is -7.82. The molecule has 272 valence electrons. The van der Waals surface area contributed by atoms with Crippen molar-refractivity contribution in [3.63, 3.8) is 0 Å². The van der Waals surface area contributed by atoms with Gasteiger partial charge in [-0.05, 0) is 99.8 Å².